The van der Waals surface area contributed by atoms with E-state index >= 15 is 0 Å². The van der Waals surface area contributed by atoms with Crippen LogP contribution in [0.15, 0.2) is 12.3 Å². The van der Waals surface area contributed by atoms with Crippen LogP contribution in [-0.2, 0) is 0 Å². The van der Waals surface area contributed by atoms with Crippen LogP contribution in [0.1, 0.15) is 78.2 Å². The van der Waals surface area contributed by atoms with E-state index < -0.39 is 91.0 Å². The van der Waals surface area contributed by atoms with E-state index in [0.717, 1.165) is 11.1 Å². The number of aliphatic hydroxyl groups excluding tert-OH is 1. The number of carbonyl (C=O) groups is 2. The maximum absolute atomic E-state index is 14.2. The number of nitrogens with zero attached hydrogens (tertiary/aromatic N) is 3. The van der Waals surface area contributed by atoms with Gasteiger partial charge in [0.15, 0.2) is 5.01 Å². The number of pyridine rings is 1. The van der Waals surface area contributed by atoms with Gasteiger partial charge in [0.25, 0.3) is 24.2 Å². The normalized spacial score (nSPS) is 23.2. The fourth-order valence-electron chi connectivity index (χ4n) is 5.01. The Hall–Kier alpha value is -3.01. The van der Waals surface area contributed by atoms with Crippen LogP contribution in [0.5, 0.6) is 0 Å². The lowest BCUT2D eigenvalue weighted by Gasteiger charge is -2.22. The Kier molecular flexibility index (Phi) is 8.83. The van der Waals surface area contributed by atoms with E-state index in [2.05, 4.69) is 20.6 Å². The highest BCUT2D eigenvalue weighted by Gasteiger charge is 2.46. The van der Waals surface area contributed by atoms with Crippen LogP contribution >= 0.6 is 11.3 Å². The fraction of sp³-hybridized carbons (Fsp3) is 0.600. The van der Waals surface area contributed by atoms with E-state index in [1.54, 1.807) is 0 Å². The highest BCUT2D eigenvalue weighted by molar-refractivity contribution is 7.17. The van der Waals surface area contributed by atoms with Gasteiger partial charge in [-0.25, -0.2) is 27.5 Å². The van der Waals surface area contributed by atoms with Gasteiger partial charge in [0.1, 0.15) is 17.6 Å². The molecule has 1 saturated carbocycles. The van der Waals surface area contributed by atoms with Crippen LogP contribution in [0.3, 0.4) is 0 Å². The maximum Gasteiger partial charge on any atom is 0.408 e. The molecular formula is C25H28F7N5O3S. The van der Waals surface area contributed by atoms with Gasteiger partial charge in [-0.2, -0.15) is 13.2 Å². The first-order valence-electron chi connectivity index (χ1n) is 12.9. The number of carbonyl (C=O) groups excluding carboxylic acids is 2. The van der Waals surface area contributed by atoms with Crippen molar-refractivity contribution in [3.63, 3.8) is 0 Å². The number of likely N-dealkylation sites (tertiary alicyclic amines) is 1. The molecule has 1 saturated heterocycles. The maximum atomic E-state index is 14.2. The molecule has 2 fully saturated rings. The Labute approximate surface area is 234 Å². The van der Waals surface area contributed by atoms with Crippen LogP contribution in [0, 0.1) is 0 Å². The molecule has 16 heteroatoms. The molecule has 0 bridgehead atoms. The molecule has 0 spiro atoms. The minimum absolute atomic E-state index is 0.258. The molecule has 4 atom stereocenters. The first kappa shape index (κ1) is 30.9. The van der Waals surface area contributed by atoms with Crippen molar-refractivity contribution in [3.05, 3.63) is 28.5 Å². The number of alkyl halides is 7. The third-order valence-electron chi connectivity index (χ3n) is 7.09. The minimum atomic E-state index is -4.68. The van der Waals surface area contributed by atoms with Gasteiger partial charge in [0, 0.05) is 35.8 Å². The Morgan fingerprint density at radius 2 is 1.98 bits per heavy atom. The standard InChI is InChI=1S/C25H28F7N5O3S/c1-3-16(25(30,31)32)35-17-7-14(20(26)27)15(9-33-17)19-18(23(40)37-10-24(28,29)8-11(37)2)36-22(41-19)21(39)34-12-4-5-13(38)6-12/h7,9,11-13,16,20,38H,3-6,8,10H2,1-2H3,(H,33,35)(H,34,39)/t11-,12+,13+,16?/m0/s1. The molecule has 4 rings (SSSR count). The van der Waals surface area contributed by atoms with Crippen molar-refractivity contribution in [2.24, 2.45) is 0 Å². The molecule has 0 aromatic carbocycles. The number of hydrogen-bond donors (Lipinski definition) is 3. The molecule has 1 aliphatic heterocycles. The average Bonchev–Trinajstić information content (AvgIpc) is 3.57. The summed E-state index contributed by atoms with van der Waals surface area (Å²) in [5.74, 6) is -5.44. The van der Waals surface area contributed by atoms with Gasteiger partial charge < -0.3 is 20.6 Å². The van der Waals surface area contributed by atoms with Crippen LogP contribution in [-0.4, -0.2) is 74.7 Å². The molecule has 2 aliphatic rings. The predicted octanol–water partition coefficient (Wildman–Crippen LogP) is 5.41. The zero-order valence-electron chi connectivity index (χ0n) is 21.9. The largest absolute Gasteiger partial charge is 0.408 e. The number of rotatable bonds is 8. The second-order valence-corrected chi connectivity index (χ2v) is 11.3. The predicted molar refractivity (Wildman–Crippen MR) is 135 cm³/mol. The Bertz CT molecular complexity index is 1290. The third-order valence-corrected chi connectivity index (χ3v) is 8.18. The number of aromatic nitrogens is 2. The molecule has 3 heterocycles. The summed E-state index contributed by atoms with van der Waals surface area (Å²) < 4.78 is 96.3. The van der Waals surface area contributed by atoms with Crippen LogP contribution < -0.4 is 10.6 Å². The first-order chi connectivity index (χ1) is 19.1. The van der Waals surface area contributed by atoms with E-state index in [1.807, 2.05) is 0 Å². The van der Waals surface area contributed by atoms with Crippen LogP contribution in [0.25, 0.3) is 10.4 Å². The van der Waals surface area contributed by atoms with Gasteiger partial charge in [0.05, 0.1) is 17.5 Å². The Morgan fingerprint density at radius 3 is 2.51 bits per heavy atom. The van der Waals surface area contributed by atoms with E-state index in [0.29, 0.717) is 30.2 Å². The van der Waals surface area contributed by atoms with E-state index in [1.165, 1.54) is 13.8 Å². The molecule has 226 valence electrons. The average molecular weight is 612 g/mol. The van der Waals surface area contributed by atoms with E-state index in [-0.39, 0.29) is 21.9 Å². The monoisotopic (exact) mass is 611 g/mol. The third kappa shape index (κ3) is 6.90. The van der Waals surface area contributed by atoms with Crippen molar-refractivity contribution < 1.29 is 45.4 Å². The molecule has 41 heavy (non-hydrogen) atoms. The molecule has 1 unspecified atom stereocenters. The molecule has 3 N–H and O–H groups in total. The summed E-state index contributed by atoms with van der Waals surface area (Å²) in [5.41, 5.74) is -1.69. The van der Waals surface area contributed by atoms with Gasteiger partial charge >= 0.3 is 6.18 Å². The summed E-state index contributed by atoms with van der Waals surface area (Å²) in [6.45, 7) is 1.70. The Balaban J connectivity index is 1.75. The lowest BCUT2D eigenvalue weighted by molar-refractivity contribution is -0.142. The zero-order valence-corrected chi connectivity index (χ0v) is 22.8. The first-order valence-corrected chi connectivity index (χ1v) is 13.7. The van der Waals surface area contributed by atoms with Crippen molar-refractivity contribution in [1.82, 2.24) is 20.2 Å². The highest BCUT2D eigenvalue weighted by atomic mass is 32.1. The van der Waals surface area contributed by atoms with Gasteiger partial charge in [-0.1, -0.05) is 6.92 Å². The summed E-state index contributed by atoms with van der Waals surface area (Å²) in [7, 11) is 0. The summed E-state index contributed by atoms with van der Waals surface area (Å²) in [5, 5.41) is 14.2. The zero-order chi connectivity index (χ0) is 30.3. The molecule has 2 amide bonds. The highest BCUT2D eigenvalue weighted by Crippen LogP contribution is 2.40. The van der Waals surface area contributed by atoms with E-state index in [4.69, 9.17) is 0 Å². The topological polar surface area (TPSA) is 107 Å². The quantitative estimate of drug-likeness (QED) is 0.345. The molecule has 8 nitrogen and oxygen atoms in total. The van der Waals surface area contributed by atoms with Crippen LogP contribution in [0.4, 0.5) is 36.6 Å². The van der Waals surface area contributed by atoms with Crippen LogP contribution in [0.2, 0.25) is 0 Å². The van der Waals surface area contributed by atoms with Gasteiger partial charge in [-0.3, -0.25) is 9.59 Å². The molecule has 2 aromatic rings. The number of thiazole rings is 1. The molecule has 1 aliphatic carbocycles. The lowest BCUT2D eigenvalue weighted by atomic mass is 10.1. The van der Waals surface area contributed by atoms with Gasteiger partial charge in [0.2, 0.25) is 0 Å². The summed E-state index contributed by atoms with van der Waals surface area (Å²) in [4.78, 5) is 34.9. The van der Waals surface area contributed by atoms with E-state index in [9.17, 15) is 45.4 Å². The summed E-state index contributed by atoms with van der Waals surface area (Å²) in [6, 6.07) is -2.66. The lowest BCUT2D eigenvalue weighted by Crippen LogP contribution is -2.36. The molecule has 0 radical (unpaired) electrons. The number of amides is 2. The fourth-order valence-corrected chi connectivity index (χ4v) is 6.01. The van der Waals surface area contributed by atoms with Gasteiger partial charge in [-0.15, -0.1) is 11.3 Å². The SMILES string of the molecule is CCC(Nc1cc(C(F)F)c(-c2sc(C(=O)N[C@@H]3CC[C@@H](O)C3)nc2C(=O)N2CC(F)(F)C[C@@H]2C)cn1)C(F)(F)F. The van der Waals surface area contributed by atoms with Crippen molar-refractivity contribution >= 4 is 29.0 Å². The number of halogens is 7. The summed E-state index contributed by atoms with van der Waals surface area (Å²) in [6.07, 6.45) is -7.51. The smallest absolute Gasteiger partial charge is 0.393 e. The van der Waals surface area contributed by atoms with Crippen molar-refractivity contribution in [3.8, 4) is 10.4 Å². The van der Waals surface area contributed by atoms with Gasteiger partial charge in [-0.05, 0) is 38.7 Å². The van der Waals surface area contributed by atoms with Crippen molar-refractivity contribution in [2.45, 2.75) is 88.7 Å². The number of anilines is 1. The summed E-state index contributed by atoms with van der Waals surface area (Å²) >= 11 is 0.559. The molecule has 2 aromatic heterocycles. The second kappa shape index (κ2) is 11.7. The van der Waals surface area contributed by atoms with Crippen molar-refractivity contribution in [1.29, 1.82) is 0 Å². The number of nitrogens with one attached hydrogen (secondary N) is 2. The Morgan fingerprint density at radius 1 is 1.27 bits per heavy atom. The number of aliphatic hydroxyl groups is 1. The number of hydrogen-bond acceptors (Lipinski definition) is 7. The van der Waals surface area contributed by atoms with Crippen molar-refractivity contribution in [2.75, 3.05) is 11.9 Å². The molecular weight excluding hydrogens is 583 g/mol. The minimum Gasteiger partial charge on any atom is -0.393 e. The second-order valence-electron chi connectivity index (χ2n) is 10.3.